The van der Waals surface area contributed by atoms with Crippen LogP contribution in [0.15, 0.2) is 62.7 Å². The van der Waals surface area contributed by atoms with Gasteiger partial charge in [-0.1, -0.05) is 0 Å². The first kappa shape index (κ1) is 42.3. The molecule has 5 rings (SSSR count). The highest BCUT2D eigenvalue weighted by Gasteiger charge is 2.47. The molecule has 13 nitrogen and oxygen atoms in total. The van der Waals surface area contributed by atoms with Gasteiger partial charge in [0.25, 0.3) is 0 Å². The van der Waals surface area contributed by atoms with Gasteiger partial charge in [-0.2, -0.15) is 11.0 Å². The summed E-state index contributed by atoms with van der Waals surface area (Å²) in [7, 11) is 3.03. The number of hydrogen-bond acceptors (Lipinski definition) is 11. The van der Waals surface area contributed by atoms with E-state index in [1.165, 1.54) is 14.2 Å². The van der Waals surface area contributed by atoms with Gasteiger partial charge in [-0.25, -0.2) is 0 Å². The molecule has 1 aromatic carbocycles. The Morgan fingerprint density at radius 3 is 1.71 bits per heavy atom. The average Bonchev–Trinajstić information content (AvgIpc) is 3.65. The van der Waals surface area contributed by atoms with Crippen molar-refractivity contribution in [3.05, 3.63) is 68.2 Å². The van der Waals surface area contributed by atoms with E-state index in [-0.39, 0.29) is 24.7 Å². The number of amides is 2. The minimum Gasteiger partial charge on any atom is -0.495 e. The van der Waals surface area contributed by atoms with Crippen molar-refractivity contribution in [3.63, 3.8) is 0 Å². The van der Waals surface area contributed by atoms with Gasteiger partial charge in [0.1, 0.15) is 40.6 Å². The second-order valence-corrected chi connectivity index (χ2v) is 17.8. The monoisotopic (exact) mass is 1110 g/mol. The van der Waals surface area contributed by atoms with Crippen molar-refractivity contribution in [2.45, 2.75) is 74.0 Å². The molecule has 0 bridgehead atoms. The molecule has 2 spiro atoms. The lowest BCUT2D eigenvalue weighted by Gasteiger charge is -2.24. The molecule has 19 heteroatoms. The average molecular weight is 1110 g/mol. The first-order chi connectivity index (χ1) is 24.7. The third-order valence-electron chi connectivity index (χ3n) is 8.90. The van der Waals surface area contributed by atoms with Crippen molar-refractivity contribution >= 4 is 107 Å². The number of hydrogen-bond donors (Lipinski definition) is 6. The van der Waals surface area contributed by atoms with Crippen molar-refractivity contribution in [1.82, 2.24) is 21.6 Å². The van der Waals surface area contributed by atoms with Crippen LogP contribution in [-0.4, -0.2) is 91.4 Å². The summed E-state index contributed by atoms with van der Waals surface area (Å²) in [5.74, 6) is 1.15. The van der Waals surface area contributed by atoms with E-state index >= 15 is 0 Å². The second kappa shape index (κ2) is 18.4. The van der Waals surface area contributed by atoms with Crippen molar-refractivity contribution in [2.75, 3.05) is 33.9 Å². The van der Waals surface area contributed by atoms with E-state index in [4.69, 9.17) is 23.9 Å². The minimum atomic E-state index is -0.900. The molecule has 0 saturated carbocycles. The second-order valence-electron chi connectivity index (χ2n) is 12.7. The molecule has 1 aromatic rings. The fourth-order valence-electron chi connectivity index (χ4n) is 6.35. The lowest BCUT2D eigenvalue weighted by atomic mass is 9.90. The Kier molecular flexibility index (Phi) is 15.0. The molecule has 6 N–H and O–H groups in total. The third kappa shape index (κ3) is 9.93. The zero-order chi connectivity index (χ0) is 37.8. The van der Waals surface area contributed by atoms with Crippen LogP contribution in [0, 0.1) is 0 Å². The molecule has 2 saturated heterocycles. The summed E-state index contributed by atoms with van der Waals surface area (Å²) >= 11 is 21.0. The minimum absolute atomic E-state index is 0.209. The maximum atomic E-state index is 13.0. The molecule has 6 atom stereocenters. The maximum Gasteiger partial charge on any atom is 0.239 e. The van der Waals surface area contributed by atoms with Gasteiger partial charge in [-0.3, -0.25) is 19.3 Å². The van der Waals surface area contributed by atoms with Gasteiger partial charge < -0.3 is 35.1 Å². The number of halogens is 6. The van der Waals surface area contributed by atoms with Crippen LogP contribution in [0.5, 0.6) is 5.75 Å². The number of carbonyl (C=O) groups is 2. The highest BCUT2D eigenvalue weighted by Crippen LogP contribution is 2.43. The van der Waals surface area contributed by atoms with Gasteiger partial charge in [0.05, 0.1) is 59.9 Å². The largest absolute Gasteiger partial charge is 0.495 e. The number of methoxy groups -OCH3 is 2. The standard InChI is InChI=1S/C33H38Br6N4O9/c1-48-28-19(36)10-32(14-23(44)25(28)38)12-21(42-51-32)30(46)40-5-3-7-50-27-17(34)8-16(9-18(27)35)4-6-41-31(47)22-13-33(52-43-22)11-20(37)29(49-2)26(39)24(45)15-33/h8-11,21-24,42-45H,3-7,12-15H2,1-2H3,(H,40,46)(H,41,47)/t21?,22?,23-,24?,32+,33?/m1/s1. The first-order valence-electron chi connectivity index (χ1n) is 16.2. The number of rotatable bonds is 12. The van der Waals surface area contributed by atoms with Crippen molar-refractivity contribution in [3.8, 4) is 5.75 Å². The first-order valence-corrected chi connectivity index (χ1v) is 21.0. The predicted octanol–water partition coefficient (Wildman–Crippen LogP) is 5.41. The molecule has 2 aliphatic carbocycles. The molecule has 286 valence electrons. The molecule has 0 radical (unpaired) electrons. The third-order valence-corrected chi connectivity index (χ3v) is 13.0. The molecule has 2 aliphatic heterocycles. The van der Waals surface area contributed by atoms with Gasteiger partial charge in [0, 0.05) is 38.8 Å². The van der Waals surface area contributed by atoms with Crippen molar-refractivity contribution < 1.29 is 43.7 Å². The van der Waals surface area contributed by atoms with Gasteiger partial charge in [-0.05, 0) is 138 Å². The molecular formula is C33H38Br6N4O9. The van der Waals surface area contributed by atoms with Gasteiger partial charge in [-0.15, -0.1) is 0 Å². The van der Waals surface area contributed by atoms with Crippen molar-refractivity contribution in [1.29, 1.82) is 0 Å². The van der Waals surface area contributed by atoms with Crippen LogP contribution in [0.3, 0.4) is 0 Å². The Balaban J connectivity index is 1.03. The summed E-state index contributed by atoms with van der Waals surface area (Å²) in [5.41, 5.74) is 4.83. The van der Waals surface area contributed by atoms with Crippen LogP contribution in [0.4, 0.5) is 0 Å². The predicted molar refractivity (Wildman–Crippen MR) is 214 cm³/mol. The van der Waals surface area contributed by atoms with Crippen LogP contribution in [0.2, 0.25) is 0 Å². The number of benzene rings is 1. The van der Waals surface area contributed by atoms with E-state index in [0.717, 1.165) is 14.5 Å². The Labute approximate surface area is 351 Å². The van der Waals surface area contributed by atoms with E-state index in [1.807, 2.05) is 24.3 Å². The normalized spacial score (nSPS) is 29.1. The number of carbonyl (C=O) groups excluding carboxylic acids is 2. The van der Waals surface area contributed by atoms with E-state index in [0.29, 0.717) is 80.6 Å². The summed E-state index contributed by atoms with van der Waals surface area (Å²) in [6.07, 6.45) is 4.15. The SMILES string of the molecule is COC1=C(Br)C(O)CC2(C=C1Br)CC(C(=O)NCCc1cc(Br)c(OCCCNC(=O)C3C[C@]4(C=C(Br)C(OC)=C(Br)[C@H](O)C4)ON3)c(Br)c1)NO2. The van der Waals surface area contributed by atoms with Crippen LogP contribution < -0.4 is 26.3 Å². The fraction of sp³-hybridized carbons (Fsp3) is 0.515. The smallest absolute Gasteiger partial charge is 0.239 e. The molecule has 2 heterocycles. The van der Waals surface area contributed by atoms with Gasteiger partial charge in [0.15, 0.2) is 0 Å². The number of aliphatic hydroxyl groups excluding tert-OH is 2. The Morgan fingerprint density at radius 2 is 1.25 bits per heavy atom. The summed E-state index contributed by atoms with van der Waals surface area (Å²) in [5, 5.41) is 27.2. The lowest BCUT2D eigenvalue weighted by Crippen LogP contribution is -2.41. The van der Waals surface area contributed by atoms with E-state index in [1.54, 1.807) is 0 Å². The van der Waals surface area contributed by atoms with E-state index < -0.39 is 35.5 Å². The molecule has 4 unspecified atom stereocenters. The maximum absolute atomic E-state index is 13.0. The highest BCUT2D eigenvalue weighted by molar-refractivity contribution is 9.12. The molecule has 4 aliphatic rings. The molecular weight excluding hydrogens is 1080 g/mol. The Hall–Kier alpha value is -0.840. The van der Waals surface area contributed by atoms with E-state index in [9.17, 15) is 19.8 Å². The van der Waals surface area contributed by atoms with Gasteiger partial charge >= 0.3 is 0 Å². The zero-order valence-corrected chi connectivity index (χ0v) is 37.5. The topological polar surface area (TPSA) is 169 Å². The van der Waals surface area contributed by atoms with Gasteiger partial charge in [0.2, 0.25) is 11.8 Å². The highest BCUT2D eigenvalue weighted by atomic mass is 79.9. The molecule has 0 aromatic heterocycles. The van der Waals surface area contributed by atoms with Crippen molar-refractivity contribution in [2.24, 2.45) is 0 Å². The van der Waals surface area contributed by atoms with Crippen LogP contribution in [0.1, 0.15) is 37.7 Å². The van der Waals surface area contributed by atoms with Crippen LogP contribution >= 0.6 is 95.6 Å². The fourth-order valence-corrected chi connectivity index (χ4v) is 11.1. The summed E-state index contributed by atoms with van der Waals surface area (Å²) in [6.45, 7) is 1.14. The number of aliphatic hydroxyl groups is 2. The Bertz CT molecular complexity index is 1650. The molecule has 52 heavy (non-hydrogen) atoms. The zero-order valence-electron chi connectivity index (χ0n) is 28.0. The lowest BCUT2D eigenvalue weighted by molar-refractivity contribution is -0.125. The molecule has 2 amide bonds. The number of hydroxylamine groups is 2. The summed E-state index contributed by atoms with van der Waals surface area (Å²) in [4.78, 5) is 37.6. The Morgan fingerprint density at radius 1 is 0.788 bits per heavy atom. The number of nitrogens with one attached hydrogen (secondary N) is 4. The summed E-state index contributed by atoms with van der Waals surface area (Å²) < 4.78 is 20.6. The molecule has 2 fully saturated rings. The number of allylic oxidation sites excluding steroid dienone is 2. The summed E-state index contributed by atoms with van der Waals surface area (Å²) in [6, 6.07) is 2.67. The van der Waals surface area contributed by atoms with Crippen LogP contribution in [0.25, 0.3) is 0 Å². The van der Waals surface area contributed by atoms with Crippen LogP contribution in [-0.2, 0) is 35.2 Å². The number of ether oxygens (including phenoxy) is 3. The quantitative estimate of drug-likeness (QED) is 0.148. The van der Waals surface area contributed by atoms with E-state index in [2.05, 4.69) is 117 Å².